The molecule has 7 nitrogen and oxygen atoms in total. The average molecular weight is 350 g/mol. The molecule has 0 aliphatic carbocycles. The third-order valence-electron chi connectivity index (χ3n) is 3.81. The van der Waals surface area contributed by atoms with Crippen molar-refractivity contribution in [1.29, 1.82) is 0 Å². The van der Waals surface area contributed by atoms with Crippen molar-refractivity contribution in [2.75, 3.05) is 0 Å². The van der Waals surface area contributed by atoms with Crippen LogP contribution in [0.4, 0.5) is 0 Å². The molecule has 0 amide bonds. The van der Waals surface area contributed by atoms with Crippen molar-refractivity contribution in [3.63, 3.8) is 0 Å². The molecule has 0 N–H and O–H groups in total. The lowest BCUT2D eigenvalue weighted by atomic mass is 10.2. The molecular formula is C17H10N4O3S. The quantitative estimate of drug-likeness (QED) is 0.440. The van der Waals surface area contributed by atoms with Crippen LogP contribution in [0, 0.1) is 6.92 Å². The van der Waals surface area contributed by atoms with Gasteiger partial charge in [-0.3, -0.25) is 0 Å². The van der Waals surface area contributed by atoms with Gasteiger partial charge in [0, 0.05) is 5.39 Å². The lowest BCUT2D eigenvalue weighted by molar-refractivity contribution is 0.463. The van der Waals surface area contributed by atoms with Gasteiger partial charge >= 0.3 is 0 Å². The number of nitrogens with zero attached hydrogens (tertiary/aromatic N) is 4. The van der Waals surface area contributed by atoms with Crippen molar-refractivity contribution in [2.24, 2.45) is 0 Å². The highest BCUT2D eigenvalue weighted by atomic mass is 32.2. The van der Waals surface area contributed by atoms with Crippen molar-refractivity contribution in [1.82, 2.24) is 20.2 Å². The molecule has 0 fully saturated rings. The Morgan fingerprint density at radius 2 is 1.92 bits per heavy atom. The smallest absolute Gasteiger partial charge is 0.283 e. The highest BCUT2D eigenvalue weighted by Gasteiger charge is 2.18. The summed E-state index contributed by atoms with van der Waals surface area (Å²) in [6, 6.07) is 9.53. The largest absolute Gasteiger partial charge is 0.469 e. The molecule has 25 heavy (non-hydrogen) atoms. The van der Waals surface area contributed by atoms with Crippen LogP contribution in [0.2, 0.25) is 0 Å². The Morgan fingerprint density at radius 3 is 2.80 bits per heavy atom. The van der Waals surface area contributed by atoms with Crippen LogP contribution in [-0.2, 0) is 0 Å². The number of aryl methyl sites for hydroxylation is 1. The third kappa shape index (κ3) is 2.30. The van der Waals surface area contributed by atoms with E-state index < -0.39 is 0 Å². The zero-order valence-electron chi connectivity index (χ0n) is 13.0. The number of fused-ring (bicyclic) bond motifs is 3. The summed E-state index contributed by atoms with van der Waals surface area (Å²) in [6.07, 6.45) is 3.09. The van der Waals surface area contributed by atoms with E-state index in [1.54, 1.807) is 12.3 Å². The minimum atomic E-state index is 0.371. The number of hydrogen-bond acceptors (Lipinski definition) is 8. The van der Waals surface area contributed by atoms with Crippen LogP contribution in [0.1, 0.15) is 5.76 Å². The summed E-state index contributed by atoms with van der Waals surface area (Å²) in [7, 11) is 0. The van der Waals surface area contributed by atoms with Crippen molar-refractivity contribution in [3.8, 4) is 11.5 Å². The van der Waals surface area contributed by atoms with Gasteiger partial charge in [-0.25, -0.2) is 9.97 Å². The fourth-order valence-electron chi connectivity index (χ4n) is 2.62. The molecule has 8 heteroatoms. The van der Waals surface area contributed by atoms with Crippen LogP contribution < -0.4 is 0 Å². The highest BCUT2D eigenvalue weighted by Crippen LogP contribution is 2.36. The molecule has 0 spiro atoms. The van der Waals surface area contributed by atoms with Crippen LogP contribution in [0.3, 0.4) is 0 Å². The standard InChI is InChI=1S/C17H10N4O3S/c1-9-10(6-7-22-9)15-20-21-17(24-15)25-16-14-13(18-8-19-16)11-4-2-3-5-12(11)23-14/h2-8H,1H3. The summed E-state index contributed by atoms with van der Waals surface area (Å²) in [4.78, 5) is 8.63. The summed E-state index contributed by atoms with van der Waals surface area (Å²) >= 11 is 1.24. The fourth-order valence-corrected chi connectivity index (χ4v) is 3.32. The van der Waals surface area contributed by atoms with E-state index in [1.807, 2.05) is 31.2 Å². The Kier molecular flexibility index (Phi) is 3.10. The predicted octanol–water partition coefficient (Wildman–Crippen LogP) is 4.48. The summed E-state index contributed by atoms with van der Waals surface area (Å²) in [5.74, 6) is 1.13. The van der Waals surface area contributed by atoms with E-state index in [0.29, 0.717) is 21.7 Å². The molecule has 0 saturated carbocycles. The van der Waals surface area contributed by atoms with Crippen LogP contribution in [-0.4, -0.2) is 20.2 Å². The SMILES string of the molecule is Cc1occc1-c1nnc(Sc2ncnc3c2oc2ccccc23)o1. The molecule has 5 rings (SSSR count). The Bertz CT molecular complexity index is 1210. The van der Waals surface area contributed by atoms with Crippen LogP contribution >= 0.6 is 11.8 Å². The first-order valence-electron chi connectivity index (χ1n) is 7.47. The first kappa shape index (κ1) is 14.2. The first-order valence-corrected chi connectivity index (χ1v) is 8.29. The summed E-state index contributed by atoms with van der Waals surface area (Å²) < 4.78 is 16.9. The number of hydrogen-bond donors (Lipinski definition) is 0. The van der Waals surface area contributed by atoms with E-state index in [2.05, 4.69) is 20.2 Å². The Morgan fingerprint density at radius 1 is 1.00 bits per heavy atom. The Balaban J connectivity index is 1.56. The fraction of sp³-hybridized carbons (Fsp3) is 0.0588. The number of benzene rings is 1. The molecule has 122 valence electrons. The van der Waals surface area contributed by atoms with Crippen molar-refractivity contribution in [2.45, 2.75) is 17.2 Å². The molecule has 5 aromatic rings. The van der Waals surface area contributed by atoms with Gasteiger partial charge in [0.25, 0.3) is 11.1 Å². The molecule has 4 aromatic heterocycles. The predicted molar refractivity (Wildman–Crippen MR) is 90.2 cm³/mol. The van der Waals surface area contributed by atoms with Crippen molar-refractivity contribution in [3.05, 3.63) is 48.7 Å². The monoisotopic (exact) mass is 350 g/mol. The molecule has 4 heterocycles. The first-order chi connectivity index (χ1) is 12.3. The van der Waals surface area contributed by atoms with Gasteiger partial charge in [0.1, 0.15) is 23.2 Å². The van der Waals surface area contributed by atoms with E-state index in [4.69, 9.17) is 13.3 Å². The maximum atomic E-state index is 5.90. The number of aromatic nitrogens is 4. The van der Waals surface area contributed by atoms with Gasteiger partial charge in [0.2, 0.25) is 0 Å². The van der Waals surface area contributed by atoms with Crippen molar-refractivity contribution >= 4 is 33.8 Å². The van der Waals surface area contributed by atoms with E-state index >= 15 is 0 Å². The number of rotatable bonds is 3. The summed E-state index contributed by atoms with van der Waals surface area (Å²) in [5, 5.41) is 10.1. The van der Waals surface area contributed by atoms with E-state index in [1.165, 1.54) is 18.1 Å². The lowest BCUT2D eigenvalue weighted by Crippen LogP contribution is -1.84. The minimum Gasteiger partial charge on any atom is -0.469 e. The molecular weight excluding hydrogens is 340 g/mol. The molecule has 0 bridgehead atoms. The normalized spacial score (nSPS) is 11.6. The van der Waals surface area contributed by atoms with Gasteiger partial charge in [0.15, 0.2) is 10.6 Å². The Hall–Kier alpha value is -3.13. The lowest BCUT2D eigenvalue weighted by Gasteiger charge is -1.96. The van der Waals surface area contributed by atoms with Gasteiger partial charge in [-0.15, -0.1) is 10.2 Å². The molecule has 0 aliphatic rings. The molecule has 1 aromatic carbocycles. The molecule has 0 atom stereocenters. The van der Waals surface area contributed by atoms with E-state index in [9.17, 15) is 0 Å². The third-order valence-corrected chi connectivity index (χ3v) is 4.63. The summed E-state index contributed by atoms with van der Waals surface area (Å²) in [6.45, 7) is 1.84. The van der Waals surface area contributed by atoms with Crippen molar-refractivity contribution < 1.29 is 13.3 Å². The summed E-state index contributed by atoms with van der Waals surface area (Å²) in [5.41, 5.74) is 2.91. The maximum absolute atomic E-state index is 5.90. The molecule has 0 radical (unpaired) electrons. The van der Waals surface area contributed by atoms with Crippen LogP contribution in [0.15, 0.2) is 66.4 Å². The highest BCUT2D eigenvalue weighted by molar-refractivity contribution is 7.99. The van der Waals surface area contributed by atoms with Gasteiger partial charge in [-0.2, -0.15) is 0 Å². The van der Waals surface area contributed by atoms with Gasteiger partial charge in [-0.05, 0) is 36.9 Å². The van der Waals surface area contributed by atoms with E-state index in [-0.39, 0.29) is 0 Å². The Labute approximate surface area is 145 Å². The van der Waals surface area contributed by atoms with Gasteiger partial charge < -0.3 is 13.3 Å². The van der Waals surface area contributed by atoms with Gasteiger partial charge in [0.05, 0.1) is 11.8 Å². The molecule has 0 unspecified atom stereocenters. The topological polar surface area (TPSA) is 91.0 Å². The number of para-hydroxylation sites is 1. The molecule has 0 saturated heterocycles. The maximum Gasteiger partial charge on any atom is 0.283 e. The second-order valence-electron chi connectivity index (χ2n) is 5.32. The number of furan rings is 2. The zero-order valence-corrected chi connectivity index (χ0v) is 13.8. The van der Waals surface area contributed by atoms with E-state index in [0.717, 1.165) is 27.8 Å². The second kappa shape index (κ2) is 5.45. The average Bonchev–Trinajstić information content (AvgIpc) is 3.33. The second-order valence-corrected chi connectivity index (χ2v) is 6.26. The van der Waals surface area contributed by atoms with Crippen LogP contribution in [0.5, 0.6) is 0 Å². The van der Waals surface area contributed by atoms with Gasteiger partial charge in [-0.1, -0.05) is 12.1 Å². The minimum absolute atomic E-state index is 0.371. The zero-order chi connectivity index (χ0) is 16.8. The molecule has 0 aliphatic heterocycles. The van der Waals surface area contributed by atoms with Crippen LogP contribution in [0.25, 0.3) is 33.5 Å².